The highest BCUT2D eigenvalue weighted by atomic mass is 35.5. The molecule has 2 N–H and O–H groups in total. The lowest BCUT2D eigenvalue weighted by Crippen LogP contribution is -2.14. The second kappa shape index (κ2) is 10.2. The summed E-state index contributed by atoms with van der Waals surface area (Å²) < 4.78 is 38.3. The molecule has 0 heterocycles. The second-order valence-electron chi connectivity index (χ2n) is 6.57. The van der Waals surface area contributed by atoms with Gasteiger partial charge < -0.3 is 14.8 Å². The van der Waals surface area contributed by atoms with E-state index in [9.17, 15) is 13.2 Å². The first-order valence-electron chi connectivity index (χ1n) is 9.40. The normalized spacial score (nSPS) is 11.2. The number of hydrogen-bond donors (Lipinski definition) is 2. The number of carbonyl (C=O) groups is 1. The fraction of sp³-hybridized carbons (Fsp3) is 0.0870. The van der Waals surface area contributed by atoms with Crippen molar-refractivity contribution in [2.45, 2.75) is 4.90 Å². The van der Waals surface area contributed by atoms with Gasteiger partial charge in [0.2, 0.25) is 5.91 Å². The third-order valence-electron chi connectivity index (χ3n) is 4.38. The number of halogens is 1. The lowest BCUT2D eigenvalue weighted by atomic mass is 10.2. The van der Waals surface area contributed by atoms with Gasteiger partial charge in [-0.05, 0) is 60.2 Å². The summed E-state index contributed by atoms with van der Waals surface area (Å²) in [5.41, 5.74) is 1.56. The van der Waals surface area contributed by atoms with Crippen molar-refractivity contribution in [2.24, 2.45) is 0 Å². The number of nitrogens with one attached hydrogen (secondary N) is 2. The van der Waals surface area contributed by atoms with Crippen molar-refractivity contribution < 1.29 is 22.7 Å². The highest BCUT2D eigenvalue weighted by Crippen LogP contribution is 2.31. The van der Waals surface area contributed by atoms with Crippen molar-refractivity contribution in [2.75, 3.05) is 24.3 Å². The van der Waals surface area contributed by atoms with Crippen LogP contribution in [0.25, 0.3) is 6.08 Å². The number of carbonyl (C=O) groups excluding carboxylic acids is 1. The highest BCUT2D eigenvalue weighted by Gasteiger charge is 2.17. The molecule has 0 fully saturated rings. The highest BCUT2D eigenvalue weighted by molar-refractivity contribution is 7.92. The molecule has 3 aromatic carbocycles. The molecule has 7 nitrogen and oxygen atoms in total. The number of methoxy groups -OCH3 is 2. The monoisotopic (exact) mass is 472 g/mol. The lowest BCUT2D eigenvalue weighted by molar-refractivity contribution is -0.111. The van der Waals surface area contributed by atoms with Gasteiger partial charge in [0.1, 0.15) is 11.5 Å². The van der Waals surface area contributed by atoms with Crippen molar-refractivity contribution in [3.05, 3.63) is 83.4 Å². The van der Waals surface area contributed by atoms with Gasteiger partial charge in [-0.3, -0.25) is 9.52 Å². The molecule has 0 saturated heterocycles. The number of anilines is 2. The van der Waals surface area contributed by atoms with Crippen LogP contribution in [-0.4, -0.2) is 28.5 Å². The third kappa shape index (κ3) is 6.03. The second-order valence-corrected chi connectivity index (χ2v) is 8.69. The Labute approximate surface area is 191 Å². The average Bonchev–Trinajstić information content (AvgIpc) is 2.79. The molecule has 0 aliphatic carbocycles. The molecule has 0 aromatic heterocycles. The first-order valence-corrected chi connectivity index (χ1v) is 11.3. The molecule has 3 rings (SSSR count). The molecular formula is C23H21ClN2O5S. The van der Waals surface area contributed by atoms with Crippen LogP contribution in [0.2, 0.25) is 5.02 Å². The Hall–Kier alpha value is -3.49. The Kier molecular flexibility index (Phi) is 7.40. The third-order valence-corrected chi connectivity index (χ3v) is 6.02. The minimum absolute atomic E-state index is 0.0325. The van der Waals surface area contributed by atoms with Crippen molar-refractivity contribution in [3.8, 4) is 11.5 Å². The Morgan fingerprint density at radius 1 is 0.938 bits per heavy atom. The molecule has 166 valence electrons. The van der Waals surface area contributed by atoms with E-state index in [0.717, 1.165) is 5.56 Å². The maximum atomic E-state index is 12.7. The van der Waals surface area contributed by atoms with E-state index in [4.69, 9.17) is 21.1 Å². The number of rotatable bonds is 8. The number of benzene rings is 3. The SMILES string of the molecule is COc1ccc(NS(=O)(=O)c2ccc(NC(=O)/C=C/c3ccc(Cl)cc3)cc2)c(OC)c1. The average molecular weight is 473 g/mol. The van der Waals surface area contributed by atoms with Gasteiger partial charge in [-0.25, -0.2) is 8.42 Å². The van der Waals surface area contributed by atoms with E-state index in [1.165, 1.54) is 44.6 Å². The van der Waals surface area contributed by atoms with Crippen LogP contribution in [0.3, 0.4) is 0 Å². The van der Waals surface area contributed by atoms with Crippen LogP contribution in [0, 0.1) is 0 Å². The predicted octanol–water partition coefficient (Wildman–Crippen LogP) is 4.81. The van der Waals surface area contributed by atoms with Gasteiger partial charge in [-0.1, -0.05) is 23.7 Å². The topological polar surface area (TPSA) is 93.7 Å². The van der Waals surface area contributed by atoms with Crippen molar-refractivity contribution in [1.82, 2.24) is 0 Å². The molecule has 0 unspecified atom stereocenters. The molecule has 0 aliphatic rings. The summed E-state index contributed by atoms with van der Waals surface area (Å²) in [6, 6.07) is 17.6. The molecule has 0 radical (unpaired) electrons. The molecule has 3 aromatic rings. The van der Waals surface area contributed by atoms with Crippen LogP contribution in [0.4, 0.5) is 11.4 Å². The first kappa shape index (κ1) is 23.2. The molecule has 0 bridgehead atoms. The summed E-state index contributed by atoms with van der Waals surface area (Å²) in [4.78, 5) is 12.2. The molecule has 0 spiro atoms. The Bertz CT molecular complexity index is 1220. The van der Waals surface area contributed by atoms with E-state index >= 15 is 0 Å². The zero-order valence-corrected chi connectivity index (χ0v) is 18.9. The minimum atomic E-state index is -3.87. The Morgan fingerprint density at radius 2 is 1.62 bits per heavy atom. The maximum Gasteiger partial charge on any atom is 0.262 e. The quantitative estimate of drug-likeness (QED) is 0.459. The molecular weight excluding hydrogens is 452 g/mol. The standard InChI is InChI=1S/C23H21ClN2O5S/c1-30-19-10-13-21(22(15-19)31-2)26-32(28,29)20-11-8-18(9-12-20)25-23(27)14-5-16-3-6-17(24)7-4-16/h3-15,26H,1-2H3,(H,25,27)/b14-5+. The van der Waals surface area contributed by atoms with Crippen LogP contribution < -0.4 is 19.5 Å². The van der Waals surface area contributed by atoms with Crippen molar-refractivity contribution >= 4 is 45.0 Å². The molecule has 0 saturated carbocycles. The molecule has 0 atom stereocenters. The molecule has 1 amide bonds. The largest absolute Gasteiger partial charge is 0.497 e. The zero-order chi connectivity index (χ0) is 23.1. The van der Waals surface area contributed by atoms with Crippen LogP contribution in [0.1, 0.15) is 5.56 Å². The van der Waals surface area contributed by atoms with Gasteiger partial charge in [0.15, 0.2) is 0 Å². The van der Waals surface area contributed by atoms with Gasteiger partial charge in [0, 0.05) is 22.9 Å². The van der Waals surface area contributed by atoms with Gasteiger partial charge in [0.25, 0.3) is 10.0 Å². The Morgan fingerprint density at radius 3 is 2.25 bits per heavy atom. The van der Waals surface area contributed by atoms with Gasteiger partial charge in [-0.2, -0.15) is 0 Å². The fourth-order valence-electron chi connectivity index (χ4n) is 2.73. The van der Waals surface area contributed by atoms with Crippen LogP contribution in [-0.2, 0) is 14.8 Å². The van der Waals surface area contributed by atoms with Crippen LogP contribution in [0.15, 0.2) is 77.7 Å². The van der Waals surface area contributed by atoms with Crippen molar-refractivity contribution in [1.29, 1.82) is 0 Å². The molecule has 0 aliphatic heterocycles. The number of sulfonamides is 1. The van der Waals surface area contributed by atoms with Gasteiger partial charge in [-0.15, -0.1) is 0 Å². The number of hydrogen-bond acceptors (Lipinski definition) is 5. The number of amides is 1. The number of ether oxygens (including phenoxy) is 2. The molecule has 32 heavy (non-hydrogen) atoms. The van der Waals surface area contributed by atoms with Gasteiger partial charge >= 0.3 is 0 Å². The van der Waals surface area contributed by atoms with E-state index in [0.29, 0.717) is 22.2 Å². The van der Waals surface area contributed by atoms with E-state index in [2.05, 4.69) is 10.0 Å². The summed E-state index contributed by atoms with van der Waals surface area (Å²) in [6.07, 6.45) is 3.03. The van der Waals surface area contributed by atoms with Crippen LogP contribution in [0.5, 0.6) is 11.5 Å². The van der Waals surface area contributed by atoms with E-state index in [1.807, 2.05) is 0 Å². The smallest absolute Gasteiger partial charge is 0.262 e. The Balaban J connectivity index is 1.67. The molecule has 9 heteroatoms. The summed E-state index contributed by atoms with van der Waals surface area (Å²) >= 11 is 5.84. The summed E-state index contributed by atoms with van der Waals surface area (Å²) in [6.45, 7) is 0. The summed E-state index contributed by atoms with van der Waals surface area (Å²) in [5.74, 6) is 0.510. The maximum absolute atomic E-state index is 12.7. The first-order chi connectivity index (χ1) is 15.3. The van der Waals surface area contributed by atoms with Crippen molar-refractivity contribution in [3.63, 3.8) is 0 Å². The van der Waals surface area contributed by atoms with Crippen LogP contribution >= 0.6 is 11.6 Å². The van der Waals surface area contributed by atoms with Gasteiger partial charge in [0.05, 0.1) is 24.8 Å². The predicted molar refractivity (Wildman–Crippen MR) is 126 cm³/mol. The van der Waals surface area contributed by atoms with E-state index < -0.39 is 10.0 Å². The summed E-state index contributed by atoms with van der Waals surface area (Å²) in [7, 11) is -0.926. The van der Waals surface area contributed by atoms with E-state index in [-0.39, 0.29) is 16.5 Å². The lowest BCUT2D eigenvalue weighted by Gasteiger charge is -2.13. The van der Waals surface area contributed by atoms with E-state index in [1.54, 1.807) is 48.5 Å². The minimum Gasteiger partial charge on any atom is -0.497 e. The zero-order valence-electron chi connectivity index (χ0n) is 17.3. The fourth-order valence-corrected chi connectivity index (χ4v) is 3.93. The summed E-state index contributed by atoms with van der Waals surface area (Å²) in [5, 5.41) is 3.29.